The van der Waals surface area contributed by atoms with Crippen LogP contribution in [0.25, 0.3) is 0 Å². The van der Waals surface area contributed by atoms with Gasteiger partial charge < -0.3 is 14.6 Å². The maximum atomic E-state index is 9.02. The average molecular weight is 283 g/mol. The normalized spacial score (nSPS) is 10.3. The molecule has 1 heterocycles. The van der Waals surface area contributed by atoms with Gasteiger partial charge in [0.05, 0.1) is 12.7 Å². The number of rotatable bonds is 7. The lowest BCUT2D eigenvalue weighted by atomic mass is 10.1. The minimum Gasteiger partial charge on any atom is -0.495 e. The van der Waals surface area contributed by atoms with Gasteiger partial charge >= 0.3 is 0 Å². The molecule has 0 saturated carbocycles. The molecule has 0 bridgehead atoms. The molecule has 1 aromatic heterocycles. The third kappa shape index (κ3) is 3.87. The van der Waals surface area contributed by atoms with E-state index in [1.807, 2.05) is 18.2 Å². The summed E-state index contributed by atoms with van der Waals surface area (Å²) < 4.78 is 7.47. The molecule has 2 aromatic rings. The van der Waals surface area contributed by atoms with E-state index in [1.54, 1.807) is 7.11 Å². The highest BCUT2D eigenvalue weighted by atomic mass is 16.5. The van der Waals surface area contributed by atoms with Crippen molar-refractivity contribution < 1.29 is 4.74 Å². The number of nitriles is 1. The molecule has 4 nitrogen and oxygen atoms in total. The predicted molar refractivity (Wildman–Crippen MR) is 83.2 cm³/mol. The van der Waals surface area contributed by atoms with Crippen molar-refractivity contribution in [2.24, 2.45) is 0 Å². The Hall–Kier alpha value is -2.25. The van der Waals surface area contributed by atoms with Gasteiger partial charge in [-0.1, -0.05) is 13.0 Å². The van der Waals surface area contributed by atoms with Crippen LogP contribution < -0.4 is 10.1 Å². The summed E-state index contributed by atoms with van der Waals surface area (Å²) in [5.74, 6) is 0.632. The number of nitrogens with one attached hydrogen (secondary N) is 1. The molecule has 1 N–H and O–H groups in total. The summed E-state index contributed by atoms with van der Waals surface area (Å²) in [5.41, 5.74) is 2.95. The molecule has 0 unspecified atom stereocenters. The molecular formula is C17H21N3O. The molecule has 0 radical (unpaired) electrons. The number of hydrogen-bond donors (Lipinski definition) is 1. The van der Waals surface area contributed by atoms with Crippen molar-refractivity contribution in [1.82, 2.24) is 9.88 Å². The van der Waals surface area contributed by atoms with Gasteiger partial charge in [0, 0.05) is 25.0 Å². The zero-order chi connectivity index (χ0) is 15.1. The van der Waals surface area contributed by atoms with E-state index in [9.17, 15) is 0 Å². The minimum atomic E-state index is 0.568. The molecule has 2 rings (SSSR count). The maximum absolute atomic E-state index is 9.02. The van der Waals surface area contributed by atoms with Crippen LogP contribution in [0.3, 0.4) is 0 Å². The number of hydrogen-bond acceptors (Lipinski definition) is 3. The van der Waals surface area contributed by atoms with E-state index in [0.29, 0.717) is 11.3 Å². The smallest absolute Gasteiger partial charge is 0.136 e. The topological polar surface area (TPSA) is 50.0 Å². The summed E-state index contributed by atoms with van der Waals surface area (Å²) in [6, 6.07) is 12.0. The summed E-state index contributed by atoms with van der Waals surface area (Å²) >= 11 is 0. The first-order valence-electron chi connectivity index (χ1n) is 7.20. The molecule has 0 aliphatic heterocycles. The van der Waals surface area contributed by atoms with E-state index < -0.39 is 0 Å². The maximum Gasteiger partial charge on any atom is 0.136 e. The van der Waals surface area contributed by atoms with E-state index in [2.05, 4.69) is 41.2 Å². The Morgan fingerprint density at radius 2 is 2.19 bits per heavy atom. The van der Waals surface area contributed by atoms with Gasteiger partial charge in [0.2, 0.25) is 0 Å². The van der Waals surface area contributed by atoms with Crippen molar-refractivity contribution in [1.29, 1.82) is 5.26 Å². The van der Waals surface area contributed by atoms with E-state index in [4.69, 9.17) is 10.00 Å². The summed E-state index contributed by atoms with van der Waals surface area (Å²) in [6.45, 7) is 4.83. The molecule has 0 aliphatic rings. The van der Waals surface area contributed by atoms with Gasteiger partial charge in [0.1, 0.15) is 11.8 Å². The Morgan fingerprint density at radius 1 is 1.33 bits per heavy atom. The fraction of sp³-hybridized carbons (Fsp3) is 0.353. The second-order valence-electron chi connectivity index (χ2n) is 4.95. The van der Waals surface area contributed by atoms with Crippen molar-refractivity contribution in [3.05, 3.63) is 53.3 Å². The lowest BCUT2D eigenvalue weighted by molar-refractivity contribution is 0.412. The molecule has 0 atom stereocenters. The molecule has 110 valence electrons. The summed E-state index contributed by atoms with van der Waals surface area (Å²) in [5, 5.41) is 12.4. The van der Waals surface area contributed by atoms with Crippen LogP contribution in [-0.2, 0) is 13.1 Å². The van der Waals surface area contributed by atoms with E-state index >= 15 is 0 Å². The molecule has 0 spiro atoms. The number of nitrogens with zero attached hydrogens (tertiary/aromatic N) is 2. The van der Waals surface area contributed by atoms with Crippen LogP contribution in [0.5, 0.6) is 5.75 Å². The van der Waals surface area contributed by atoms with Crippen LogP contribution in [0, 0.1) is 11.3 Å². The van der Waals surface area contributed by atoms with E-state index in [-0.39, 0.29) is 0 Å². The molecule has 0 aliphatic carbocycles. The third-order valence-corrected chi connectivity index (χ3v) is 3.40. The summed E-state index contributed by atoms with van der Waals surface area (Å²) in [4.78, 5) is 0. The van der Waals surface area contributed by atoms with Gasteiger partial charge in [-0.05, 0) is 42.8 Å². The van der Waals surface area contributed by atoms with Crippen LogP contribution in [0.15, 0.2) is 36.5 Å². The Kier molecular flexibility index (Phi) is 5.42. The first kappa shape index (κ1) is 15.1. The monoisotopic (exact) mass is 283 g/mol. The zero-order valence-electron chi connectivity index (χ0n) is 12.6. The Balaban J connectivity index is 2.12. The lowest BCUT2D eigenvalue weighted by Gasteiger charge is -2.11. The van der Waals surface area contributed by atoms with Crippen molar-refractivity contribution in [2.45, 2.75) is 26.4 Å². The van der Waals surface area contributed by atoms with Gasteiger partial charge in [-0.3, -0.25) is 0 Å². The molecule has 4 heteroatoms. The zero-order valence-corrected chi connectivity index (χ0v) is 12.6. The van der Waals surface area contributed by atoms with Crippen LogP contribution >= 0.6 is 0 Å². The highest BCUT2D eigenvalue weighted by Crippen LogP contribution is 2.20. The SMILES string of the molecule is CCCNCc1cccn1Cc1ccc(C#N)c(OC)c1. The molecule has 0 fully saturated rings. The standard InChI is InChI=1S/C17H21N3O/c1-3-8-19-12-16-5-4-9-20(16)13-14-6-7-15(11-18)17(10-14)21-2/h4-7,9-10,19H,3,8,12-13H2,1-2H3. The van der Waals surface area contributed by atoms with E-state index in [1.165, 1.54) is 5.69 Å². The van der Waals surface area contributed by atoms with Crippen LogP contribution in [0.4, 0.5) is 0 Å². The quantitative estimate of drug-likeness (QED) is 0.795. The number of methoxy groups -OCH3 is 1. The molecular weight excluding hydrogens is 262 g/mol. The van der Waals surface area contributed by atoms with Crippen molar-refractivity contribution in [3.8, 4) is 11.8 Å². The molecule has 0 amide bonds. The molecule has 0 saturated heterocycles. The Bertz CT molecular complexity index is 625. The number of ether oxygens (including phenoxy) is 1. The van der Waals surface area contributed by atoms with Gasteiger partial charge in [-0.2, -0.15) is 5.26 Å². The van der Waals surface area contributed by atoms with Crippen LogP contribution in [0.1, 0.15) is 30.2 Å². The highest BCUT2D eigenvalue weighted by molar-refractivity contribution is 5.45. The average Bonchev–Trinajstić information content (AvgIpc) is 2.94. The third-order valence-electron chi connectivity index (χ3n) is 3.40. The van der Waals surface area contributed by atoms with Crippen LogP contribution in [0.2, 0.25) is 0 Å². The van der Waals surface area contributed by atoms with Gasteiger partial charge in [0.25, 0.3) is 0 Å². The Labute approximate surface area is 126 Å². The summed E-state index contributed by atoms with van der Waals surface area (Å²) in [7, 11) is 1.59. The largest absolute Gasteiger partial charge is 0.495 e. The molecule has 21 heavy (non-hydrogen) atoms. The predicted octanol–water partition coefficient (Wildman–Crippen LogP) is 2.92. The van der Waals surface area contributed by atoms with E-state index in [0.717, 1.165) is 31.6 Å². The first-order valence-corrected chi connectivity index (χ1v) is 7.20. The first-order chi connectivity index (χ1) is 10.3. The minimum absolute atomic E-state index is 0.568. The molecule has 1 aromatic carbocycles. The van der Waals surface area contributed by atoms with Crippen molar-refractivity contribution >= 4 is 0 Å². The lowest BCUT2D eigenvalue weighted by Crippen LogP contribution is -2.17. The van der Waals surface area contributed by atoms with Crippen LogP contribution in [-0.4, -0.2) is 18.2 Å². The fourth-order valence-electron chi connectivity index (χ4n) is 2.28. The van der Waals surface area contributed by atoms with Gasteiger partial charge in [-0.15, -0.1) is 0 Å². The van der Waals surface area contributed by atoms with Gasteiger partial charge in [-0.25, -0.2) is 0 Å². The Morgan fingerprint density at radius 3 is 2.90 bits per heavy atom. The highest BCUT2D eigenvalue weighted by Gasteiger charge is 2.06. The second kappa shape index (κ2) is 7.51. The fourth-order valence-corrected chi connectivity index (χ4v) is 2.28. The summed E-state index contributed by atoms with van der Waals surface area (Å²) in [6.07, 6.45) is 3.21. The number of benzene rings is 1. The van der Waals surface area contributed by atoms with Gasteiger partial charge in [0.15, 0.2) is 0 Å². The number of aromatic nitrogens is 1. The van der Waals surface area contributed by atoms with Crippen molar-refractivity contribution in [2.75, 3.05) is 13.7 Å². The van der Waals surface area contributed by atoms with Crippen molar-refractivity contribution in [3.63, 3.8) is 0 Å². The second-order valence-corrected chi connectivity index (χ2v) is 4.95.